The molecular weight excluding hydrogens is 432 g/mol. The van der Waals surface area contributed by atoms with Crippen molar-refractivity contribution in [3.8, 4) is 11.5 Å². The number of nitrogens with one attached hydrogen (secondary N) is 1. The summed E-state index contributed by atoms with van der Waals surface area (Å²) in [5.74, 6) is -0.215. The number of fused-ring (bicyclic) bond motifs is 2. The number of amides is 3. The first-order chi connectivity index (χ1) is 15.4. The summed E-state index contributed by atoms with van der Waals surface area (Å²) in [6.07, 6.45) is -1.36. The molecule has 3 amide bonds. The Labute approximate surface area is 188 Å². The molecule has 160 valence electrons. The molecule has 0 bridgehead atoms. The van der Waals surface area contributed by atoms with E-state index in [0.29, 0.717) is 28.3 Å². The second-order valence-electron chi connectivity index (χ2n) is 7.45. The largest absolute Gasteiger partial charge is 0.482 e. The number of carbonyl (C=O) groups is 3. The van der Waals surface area contributed by atoms with E-state index in [2.05, 4.69) is 5.32 Å². The van der Waals surface area contributed by atoms with Crippen LogP contribution in [0, 0.1) is 0 Å². The van der Waals surface area contributed by atoms with E-state index in [9.17, 15) is 14.4 Å². The lowest BCUT2D eigenvalue weighted by atomic mass is 10.1. The van der Waals surface area contributed by atoms with E-state index >= 15 is 0 Å². The Hall–Kier alpha value is -3.84. The predicted molar refractivity (Wildman–Crippen MR) is 119 cm³/mol. The van der Waals surface area contributed by atoms with Gasteiger partial charge >= 0.3 is 0 Å². The summed E-state index contributed by atoms with van der Waals surface area (Å²) in [7, 11) is 0. The van der Waals surface area contributed by atoms with Gasteiger partial charge in [-0.2, -0.15) is 0 Å². The third-order valence-corrected chi connectivity index (χ3v) is 5.65. The molecule has 8 heteroatoms. The maximum Gasteiger partial charge on any atom is 0.269 e. The quantitative estimate of drug-likeness (QED) is 0.603. The lowest BCUT2D eigenvalue weighted by Gasteiger charge is -2.31. The van der Waals surface area contributed by atoms with Gasteiger partial charge in [0.05, 0.1) is 21.8 Å². The highest BCUT2D eigenvalue weighted by molar-refractivity contribution is 6.40. The van der Waals surface area contributed by atoms with Crippen molar-refractivity contribution in [3.63, 3.8) is 0 Å². The monoisotopic (exact) mass is 448 g/mol. The van der Waals surface area contributed by atoms with Gasteiger partial charge in [-0.1, -0.05) is 35.9 Å². The minimum Gasteiger partial charge on any atom is -0.482 e. The Morgan fingerprint density at radius 1 is 0.906 bits per heavy atom. The molecule has 0 spiro atoms. The molecule has 2 aliphatic rings. The normalized spacial score (nSPS) is 19.0. The fraction of sp³-hybridized carbons (Fsp3) is 0.125. The standard InChI is InChI=1S/C24H17ClN2O5/c1-13-21(32-20-9-5-4-8-19(20)31-13)22(28)26-14-10-11-18(17(25)12-14)27-23(29)15-6-2-3-7-16(15)24(27)30/h2-13,21H,1H3,(H,26,28). The Morgan fingerprint density at radius 3 is 2.12 bits per heavy atom. The van der Waals surface area contributed by atoms with E-state index in [4.69, 9.17) is 21.1 Å². The first kappa shape index (κ1) is 20.1. The Balaban J connectivity index is 1.35. The third kappa shape index (κ3) is 3.27. The minimum atomic E-state index is -0.861. The van der Waals surface area contributed by atoms with Crippen LogP contribution in [0.4, 0.5) is 11.4 Å². The van der Waals surface area contributed by atoms with Crippen molar-refractivity contribution >= 4 is 40.7 Å². The van der Waals surface area contributed by atoms with Crippen LogP contribution in [0.2, 0.25) is 5.02 Å². The van der Waals surface area contributed by atoms with E-state index in [1.807, 2.05) is 6.07 Å². The molecule has 7 nitrogen and oxygen atoms in total. The highest BCUT2D eigenvalue weighted by Crippen LogP contribution is 2.36. The maximum absolute atomic E-state index is 12.8. The number of hydrogen-bond acceptors (Lipinski definition) is 5. The molecule has 2 atom stereocenters. The Kier molecular flexibility index (Phi) is 4.83. The number of rotatable bonds is 3. The van der Waals surface area contributed by atoms with Gasteiger partial charge in [0.1, 0.15) is 6.10 Å². The molecule has 0 saturated heterocycles. The summed E-state index contributed by atoms with van der Waals surface area (Å²) in [6, 6.07) is 18.3. The van der Waals surface area contributed by atoms with Crippen LogP contribution in [-0.4, -0.2) is 29.9 Å². The average molecular weight is 449 g/mol. The summed E-state index contributed by atoms with van der Waals surface area (Å²) < 4.78 is 11.6. The molecule has 2 aliphatic heterocycles. The number of imide groups is 1. The highest BCUT2D eigenvalue weighted by atomic mass is 35.5. The SMILES string of the molecule is CC1Oc2ccccc2OC1C(=O)Nc1ccc(N2C(=O)c3ccccc3C2=O)c(Cl)c1. The van der Waals surface area contributed by atoms with Gasteiger partial charge in [-0.15, -0.1) is 0 Å². The van der Waals surface area contributed by atoms with Gasteiger partial charge in [-0.25, -0.2) is 4.90 Å². The van der Waals surface area contributed by atoms with Crippen LogP contribution in [-0.2, 0) is 4.79 Å². The van der Waals surface area contributed by atoms with E-state index in [1.54, 1.807) is 55.5 Å². The third-order valence-electron chi connectivity index (χ3n) is 5.35. The molecular formula is C24H17ClN2O5. The number of para-hydroxylation sites is 2. The van der Waals surface area contributed by atoms with Crippen molar-refractivity contribution in [2.75, 3.05) is 10.2 Å². The van der Waals surface area contributed by atoms with E-state index in [1.165, 1.54) is 12.1 Å². The molecule has 0 radical (unpaired) electrons. The molecule has 32 heavy (non-hydrogen) atoms. The summed E-state index contributed by atoms with van der Waals surface area (Å²) in [6.45, 7) is 1.75. The van der Waals surface area contributed by atoms with Gasteiger partial charge in [0.25, 0.3) is 17.7 Å². The van der Waals surface area contributed by atoms with Crippen LogP contribution < -0.4 is 19.7 Å². The lowest BCUT2D eigenvalue weighted by molar-refractivity contribution is -0.128. The number of carbonyl (C=O) groups excluding carboxylic acids is 3. The second kappa shape index (κ2) is 7.69. The average Bonchev–Trinajstić information content (AvgIpc) is 3.04. The van der Waals surface area contributed by atoms with Crippen LogP contribution in [0.1, 0.15) is 27.6 Å². The molecule has 2 unspecified atom stereocenters. The molecule has 0 aromatic heterocycles. The maximum atomic E-state index is 12.8. The van der Waals surface area contributed by atoms with Crippen LogP contribution >= 0.6 is 11.6 Å². The van der Waals surface area contributed by atoms with Gasteiger partial charge in [-0.3, -0.25) is 14.4 Å². The van der Waals surface area contributed by atoms with Crippen molar-refractivity contribution < 1.29 is 23.9 Å². The molecule has 2 heterocycles. The number of hydrogen-bond donors (Lipinski definition) is 1. The van der Waals surface area contributed by atoms with Crippen molar-refractivity contribution in [1.82, 2.24) is 0 Å². The van der Waals surface area contributed by atoms with E-state index in [-0.39, 0.29) is 10.7 Å². The topological polar surface area (TPSA) is 84.9 Å². The lowest BCUT2D eigenvalue weighted by Crippen LogP contribution is -2.46. The first-order valence-corrected chi connectivity index (χ1v) is 10.3. The molecule has 1 N–H and O–H groups in total. The van der Waals surface area contributed by atoms with Crippen molar-refractivity contribution in [2.45, 2.75) is 19.1 Å². The van der Waals surface area contributed by atoms with Crippen molar-refractivity contribution in [3.05, 3.63) is 82.9 Å². The highest BCUT2D eigenvalue weighted by Gasteiger charge is 2.38. The number of halogens is 1. The summed E-state index contributed by atoms with van der Waals surface area (Å²) in [5, 5.41) is 2.90. The fourth-order valence-electron chi connectivity index (χ4n) is 3.79. The zero-order valence-electron chi connectivity index (χ0n) is 16.9. The van der Waals surface area contributed by atoms with Crippen molar-refractivity contribution in [1.29, 1.82) is 0 Å². The second-order valence-corrected chi connectivity index (χ2v) is 7.86. The zero-order chi connectivity index (χ0) is 22.4. The van der Waals surface area contributed by atoms with Gasteiger partial charge < -0.3 is 14.8 Å². The van der Waals surface area contributed by atoms with E-state index < -0.39 is 29.9 Å². The van der Waals surface area contributed by atoms with Crippen LogP contribution in [0.3, 0.4) is 0 Å². The van der Waals surface area contributed by atoms with Gasteiger partial charge in [0.15, 0.2) is 11.5 Å². The van der Waals surface area contributed by atoms with Gasteiger partial charge in [-0.05, 0) is 49.4 Å². The molecule has 5 rings (SSSR count). The van der Waals surface area contributed by atoms with Crippen LogP contribution in [0.5, 0.6) is 11.5 Å². The molecule has 0 fully saturated rings. The summed E-state index contributed by atoms with van der Waals surface area (Å²) >= 11 is 6.39. The molecule has 3 aromatic carbocycles. The first-order valence-electron chi connectivity index (χ1n) is 9.94. The Bertz CT molecular complexity index is 1240. The summed E-state index contributed by atoms with van der Waals surface area (Å²) in [5.41, 5.74) is 1.30. The molecule has 0 aliphatic carbocycles. The number of nitrogens with zero attached hydrogens (tertiary/aromatic N) is 1. The number of ether oxygens (including phenoxy) is 2. The Morgan fingerprint density at radius 2 is 1.50 bits per heavy atom. The summed E-state index contributed by atoms with van der Waals surface area (Å²) in [4.78, 5) is 39.3. The van der Waals surface area contributed by atoms with Crippen LogP contribution in [0.25, 0.3) is 0 Å². The van der Waals surface area contributed by atoms with Gasteiger partial charge in [0, 0.05) is 5.69 Å². The number of benzene rings is 3. The predicted octanol–water partition coefficient (Wildman–Crippen LogP) is 4.31. The minimum absolute atomic E-state index is 0.150. The van der Waals surface area contributed by atoms with Crippen molar-refractivity contribution in [2.24, 2.45) is 0 Å². The number of anilines is 2. The molecule has 3 aromatic rings. The smallest absolute Gasteiger partial charge is 0.269 e. The van der Waals surface area contributed by atoms with Crippen LogP contribution in [0.15, 0.2) is 66.7 Å². The van der Waals surface area contributed by atoms with Gasteiger partial charge in [0.2, 0.25) is 6.10 Å². The fourth-order valence-corrected chi connectivity index (χ4v) is 4.06. The zero-order valence-corrected chi connectivity index (χ0v) is 17.6. The molecule has 0 saturated carbocycles. The van der Waals surface area contributed by atoms with E-state index in [0.717, 1.165) is 4.90 Å².